The van der Waals surface area contributed by atoms with Crippen LogP contribution in [-0.4, -0.2) is 21.0 Å². The summed E-state index contributed by atoms with van der Waals surface area (Å²) in [7, 11) is -3.54. The van der Waals surface area contributed by atoms with Crippen LogP contribution in [0.1, 0.15) is 31.2 Å². The fourth-order valence-electron chi connectivity index (χ4n) is 4.57. The van der Waals surface area contributed by atoms with Crippen LogP contribution < -0.4 is 10.0 Å². The summed E-state index contributed by atoms with van der Waals surface area (Å²) in [6.45, 7) is 4.77. The molecule has 0 aromatic heterocycles. The van der Waals surface area contributed by atoms with Crippen molar-refractivity contribution in [2.45, 2.75) is 42.0 Å². The Kier molecular flexibility index (Phi) is 5.46. The molecule has 2 aliphatic rings. The second-order valence-electron chi connectivity index (χ2n) is 7.46. The fourth-order valence-corrected chi connectivity index (χ4v) is 6.23. The zero-order valence-electron chi connectivity index (χ0n) is 15.3. The molecule has 0 spiro atoms. The van der Waals surface area contributed by atoms with E-state index in [4.69, 9.17) is 0 Å². The van der Waals surface area contributed by atoms with Gasteiger partial charge >= 0.3 is 0 Å². The van der Waals surface area contributed by atoms with Gasteiger partial charge in [0.1, 0.15) is 0 Å². The Labute approximate surface area is 183 Å². The first kappa shape index (κ1) is 20.1. The van der Waals surface area contributed by atoms with Crippen molar-refractivity contribution in [3.8, 4) is 0 Å². The highest BCUT2D eigenvalue weighted by Gasteiger charge is 2.49. The van der Waals surface area contributed by atoms with Crippen LogP contribution in [0.4, 0.5) is 5.69 Å². The van der Waals surface area contributed by atoms with E-state index in [0.29, 0.717) is 13.0 Å². The first-order valence-corrected chi connectivity index (χ1v) is 12.4. The molecule has 1 aliphatic carbocycles. The van der Waals surface area contributed by atoms with Crippen molar-refractivity contribution in [3.05, 3.63) is 69.1 Å². The highest BCUT2D eigenvalue weighted by atomic mass is 79.9. The number of anilines is 1. The van der Waals surface area contributed by atoms with Gasteiger partial charge in [-0.3, -0.25) is 0 Å². The lowest BCUT2D eigenvalue weighted by Gasteiger charge is -2.42. The van der Waals surface area contributed by atoms with E-state index in [-0.39, 0.29) is 16.4 Å². The Bertz CT molecular complexity index is 1020. The van der Waals surface area contributed by atoms with Crippen molar-refractivity contribution in [2.75, 3.05) is 11.9 Å². The van der Waals surface area contributed by atoms with Crippen molar-refractivity contribution in [1.82, 2.24) is 4.72 Å². The van der Waals surface area contributed by atoms with Gasteiger partial charge in [0.05, 0.1) is 4.90 Å². The molecule has 2 atom stereocenters. The molecule has 2 aromatic rings. The molecule has 7 heteroatoms. The maximum atomic E-state index is 12.7. The SMILES string of the molecule is C=C1CCC[C@@H]2Nc3ccc(Br)cc3[C@]12CCNS(=O)(=O)c1ccc(Br)cc1. The van der Waals surface area contributed by atoms with Gasteiger partial charge < -0.3 is 5.32 Å². The number of rotatable bonds is 5. The average molecular weight is 526 g/mol. The molecular formula is C21H22Br2N2O2S. The molecule has 2 aromatic carbocycles. The molecule has 1 aliphatic heterocycles. The Morgan fingerprint density at radius 1 is 1.14 bits per heavy atom. The van der Waals surface area contributed by atoms with E-state index < -0.39 is 10.0 Å². The highest BCUT2D eigenvalue weighted by molar-refractivity contribution is 9.10. The zero-order chi connectivity index (χ0) is 19.9. The summed E-state index contributed by atoms with van der Waals surface area (Å²) in [4.78, 5) is 0.278. The number of nitrogens with one attached hydrogen (secondary N) is 2. The predicted octanol–water partition coefficient (Wildman–Crippen LogP) is 5.35. The van der Waals surface area contributed by atoms with E-state index in [2.05, 4.69) is 60.6 Å². The van der Waals surface area contributed by atoms with Crippen molar-refractivity contribution in [1.29, 1.82) is 0 Å². The number of hydrogen-bond acceptors (Lipinski definition) is 3. The van der Waals surface area contributed by atoms with Gasteiger partial charge in [0.15, 0.2) is 0 Å². The molecule has 28 heavy (non-hydrogen) atoms. The molecule has 1 saturated carbocycles. The monoisotopic (exact) mass is 524 g/mol. The minimum atomic E-state index is -3.54. The number of hydrogen-bond donors (Lipinski definition) is 2. The molecule has 0 bridgehead atoms. The summed E-state index contributed by atoms with van der Waals surface area (Å²) in [6, 6.07) is 13.2. The minimum Gasteiger partial charge on any atom is -0.381 e. The Morgan fingerprint density at radius 3 is 2.61 bits per heavy atom. The van der Waals surface area contributed by atoms with Crippen molar-refractivity contribution < 1.29 is 8.42 Å². The molecule has 2 N–H and O–H groups in total. The normalized spacial score (nSPS) is 23.8. The van der Waals surface area contributed by atoms with Gasteiger partial charge in [0.2, 0.25) is 10.0 Å². The van der Waals surface area contributed by atoms with Gasteiger partial charge in [0, 0.05) is 32.6 Å². The average Bonchev–Trinajstić information content (AvgIpc) is 2.97. The Hall–Kier alpha value is -1.15. The summed E-state index contributed by atoms with van der Waals surface area (Å²) in [6.07, 6.45) is 3.83. The van der Waals surface area contributed by atoms with Crippen molar-refractivity contribution in [2.24, 2.45) is 0 Å². The van der Waals surface area contributed by atoms with Gasteiger partial charge in [-0.25, -0.2) is 13.1 Å². The third kappa shape index (κ3) is 3.47. The molecule has 0 amide bonds. The van der Waals surface area contributed by atoms with E-state index >= 15 is 0 Å². The van der Waals surface area contributed by atoms with Crippen LogP contribution in [0.3, 0.4) is 0 Å². The smallest absolute Gasteiger partial charge is 0.240 e. The minimum absolute atomic E-state index is 0.237. The highest BCUT2D eigenvalue weighted by Crippen LogP contribution is 2.53. The molecular weight excluding hydrogens is 504 g/mol. The van der Waals surface area contributed by atoms with Gasteiger partial charge in [-0.05, 0) is 73.7 Å². The van der Waals surface area contributed by atoms with Crippen LogP contribution in [0, 0.1) is 0 Å². The topological polar surface area (TPSA) is 58.2 Å². The second kappa shape index (κ2) is 7.59. The number of halogens is 2. The maximum absolute atomic E-state index is 12.7. The number of fused-ring (bicyclic) bond motifs is 3. The lowest BCUT2D eigenvalue weighted by Crippen LogP contribution is -2.45. The van der Waals surface area contributed by atoms with E-state index in [0.717, 1.165) is 33.9 Å². The fraction of sp³-hybridized carbons (Fsp3) is 0.333. The van der Waals surface area contributed by atoms with Crippen LogP contribution in [-0.2, 0) is 15.4 Å². The largest absolute Gasteiger partial charge is 0.381 e. The molecule has 1 heterocycles. The number of benzene rings is 2. The lowest BCUT2D eigenvalue weighted by atomic mass is 9.63. The van der Waals surface area contributed by atoms with Crippen LogP contribution in [0.25, 0.3) is 0 Å². The second-order valence-corrected chi connectivity index (χ2v) is 11.1. The zero-order valence-corrected chi connectivity index (χ0v) is 19.3. The molecule has 148 valence electrons. The maximum Gasteiger partial charge on any atom is 0.240 e. The van der Waals surface area contributed by atoms with Gasteiger partial charge in [0.25, 0.3) is 0 Å². The third-order valence-corrected chi connectivity index (χ3v) is 8.42. The van der Waals surface area contributed by atoms with Crippen molar-refractivity contribution >= 4 is 47.6 Å². The molecule has 4 rings (SSSR count). The number of sulfonamides is 1. The molecule has 1 fully saturated rings. The van der Waals surface area contributed by atoms with Gasteiger partial charge in [-0.2, -0.15) is 0 Å². The molecule has 0 radical (unpaired) electrons. The van der Waals surface area contributed by atoms with Gasteiger partial charge in [-0.1, -0.05) is 44.0 Å². The third-order valence-electron chi connectivity index (χ3n) is 5.92. The quantitative estimate of drug-likeness (QED) is 0.517. The van der Waals surface area contributed by atoms with Crippen LogP contribution >= 0.6 is 31.9 Å². The first-order chi connectivity index (χ1) is 13.3. The van der Waals surface area contributed by atoms with E-state index in [1.54, 1.807) is 24.3 Å². The summed E-state index contributed by atoms with van der Waals surface area (Å²) < 4.78 is 30.0. The predicted molar refractivity (Wildman–Crippen MR) is 120 cm³/mol. The lowest BCUT2D eigenvalue weighted by molar-refractivity contribution is 0.344. The van der Waals surface area contributed by atoms with E-state index in [1.807, 2.05) is 6.07 Å². The van der Waals surface area contributed by atoms with Crippen molar-refractivity contribution in [3.63, 3.8) is 0 Å². The van der Waals surface area contributed by atoms with E-state index in [1.165, 1.54) is 11.1 Å². The Morgan fingerprint density at radius 2 is 1.86 bits per heavy atom. The molecule has 4 nitrogen and oxygen atoms in total. The van der Waals surface area contributed by atoms with Crippen LogP contribution in [0.2, 0.25) is 0 Å². The first-order valence-electron chi connectivity index (χ1n) is 9.33. The van der Waals surface area contributed by atoms with E-state index in [9.17, 15) is 8.42 Å². The van der Waals surface area contributed by atoms with Gasteiger partial charge in [-0.15, -0.1) is 0 Å². The standard InChI is InChI=1S/C21H22Br2N2O2S/c1-14-3-2-4-20-21(14,18-13-16(23)7-10-19(18)25-20)11-12-24-28(26,27)17-8-5-15(22)6-9-17/h5-10,13,20,24-25H,1-4,11-12H2/t20-,21-/m0/s1. The molecule has 0 saturated heterocycles. The summed E-state index contributed by atoms with van der Waals surface area (Å²) in [5.74, 6) is 0. The summed E-state index contributed by atoms with van der Waals surface area (Å²) in [5.41, 5.74) is 3.31. The Balaban J connectivity index is 1.59. The van der Waals surface area contributed by atoms with Crippen LogP contribution in [0.15, 0.2) is 68.5 Å². The molecule has 0 unspecified atom stereocenters. The summed E-state index contributed by atoms with van der Waals surface area (Å²) >= 11 is 6.93. The van der Waals surface area contributed by atoms with Crippen LogP contribution in [0.5, 0.6) is 0 Å². The summed E-state index contributed by atoms with van der Waals surface area (Å²) in [5, 5.41) is 3.66.